The number of carbonyl (C=O) groups excluding carboxylic acids is 2. The molecule has 0 saturated carbocycles. The van der Waals surface area contributed by atoms with Crippen LogP contribution < -0.4 is 0 Å². The summed E-state index contributed by atoms with van der Waals surface area (Å²) in [5.41, 5.74) is 0. The van der Waals surface area contributed by atoms with Crippen molar-refractivity contribution in [3.05, 3.63) is 72.9 Å². The number of unbranched alkanes of at least 4 members (excludes halogenated alkanes) is 11. The van der Waals surface area contributed by atoms with Crippen LogP contribution in [0.2, 0.25) is 0 Å². The molecule has 0 unspecified atom stereocenters. The lowest BCUT2D eigenvalue weighted by molar-refractivity contribution is -0.161. The molecule has 0 saturated heterocycles. The number of esters is 2. The van der Waals surface area contributed by atoms with Crippen LogP contribution in [-0.2, 0) is 19.1 Å². The van der Waals surface area contributed by atoms with Gasteiger partial charge in [-0.25, -0.2) is 0 Å². The second-order valence-corrected chi connectivity index (χ2v) is 12.0. The predicted molar refractivity (Wildman–Crippen MR) is 194 cm³/mol. The molecule has 268 valence electrons. The van der Waals surface area contributed by atoms with Gasteiger partial charge >= 0.3 is 11.9 Å². The van der Waals surface area contributed by atoms with Gasteiger partial charge in [0.2, 0.25) is 0 Å². The number of aliphatic hydroxyl groups is 3. The maximum Gasteiger partial charge on any atom is 0.306 e. The van der Waals surface area contributed by atoms with Crippen molar-refractivity contribution < 1.29 is 34.4 Å². The first-order chi connectivity index (χ1) is 22.9. The number of rotatable bonds is 31. The van der Waals surface area contributed by atoms with Crippen LogP contribution in [0.4, 0.5) is 0 Å². The van der Waals surface area contributed by atoms with E-state index in [0.717, 1.165) is 25.7 Å². The number of hydrogen-bond donors (Lipinski definition) is 3. The van der Waals surface area contributed by atoms with Crippen LogP contribution in [0.3, 0.4) is 0 Å². The lowest BCUT2D eigenvalue weighted by Crippen LogP contribution is -2.28. The highest BCUT2D eigenvalue weighted by molar-refractivity contribution is 5.70. The molecule has 47 heavy (non-hydrogen) atoms. The largest absolute Gasteiger partial charge is 0.462 e. The van der Waals surface area contributed by atoms with E-state index in [-0.39, 0.29) is 25.6 Å². The van der Waals surface area contributed by atoms with Crippen LogP contribution in [0.15, 0.2) is 72.9 Å². The van der Waals surface area contributed by atoms with E-state index in [0.29, 0.717) is 32.1 Å². The highest BCUT2D eigenvalue weighted by atomic mass is 16.6. The molecule has 0 aliphatic rings. The van der Waals surface area contributed by atoms with E-state index in [9.17, 15) is 24.9 Å². The van der Waals surface area contributed by atoms with E-state index in [1.807, 2.05) is 48.6 Å². The zero-order valence-corrected chi connectivity index (χ0v) is 29.5. The molecule has 7 heteroatoms. The number of aliphatic hydroxyl groups excluding tert-OH is 3. The molecule has 0 rings (SSSR count). The van der Waals surface area contributed by atoms with E-state index in [1.54, 1.807) is 24.3 Å². The molecule has 3 atom stereocenters. The van der Waals surface area contributed by atoms with Crippen molar-refractivity contribution in [3.63, 3.8) is 0 Å². The summed E-state index contributed by atoms with van der Waals surface area (Å²) in [6.45, 7) is 3.77. The molecule has 0 aromatic heterocycles. The predicted octanol–water partition coefficient (Wildman–Crippen LogP) is 8.94. The van der Waals surface area contributed by atoms with Crippen molar-refractivity contribution >= 4 is 11.9 Å². The molecular formula is C40H66O7. The van der Waals surface area contributed by atoms with Gasteiger partial charge in [0.05, 0.1) is 18.8 Å². The van der Waals surface area contributed by atoms with Gasteiger partial charge in [-0.15, -0.1) is 0 Å². The monoisotopic (exact) mass is 658 g/mol. The molecule has 0 radical (unpaired) electrons. The standard InChI is InChI=1S/C40H66O7/c1-3-5-7-8-9-10-11-12-13-14-19-27-33-40(45)47-38(34-41)35-46-39(44)32-26-18-16-15-17-23-29-37(43)31-25-21-20-24-30-36(42)28-22-6-4-2/h6,16-18,20-25,30-31,36-38,41-43H,3-5,7-15,19,26-29,32-35H2,1-2H3/b18-16-,21-20-,22-6-,23-17-,30-24+,31-25+/t36-,37+,38+/m1/s1. The van der Waals surface area contributed by atoms with Crippen LogP contribution in [-0.4, -0.2) is 58.8 Å². The molecule has 0 spiro atoms. The Hall–Kier alpha value is -2.74. The molecule has 0 amide bonds. The first-order valence-electron chi connectivity index (χ1n) is 18.2. The van der Waals surface area contributed by atoms with Crippen molar-refractivity contribution in [1.82, 2.24) is 0 Å². The Morgan fingerprint density at radius 3 is 1.70 bits per heavy atom. The van der Waals surface area contributed by atoms with Gasteiger partial charge in [-0.1, -0.05) is 157 Å². The fourth-order valence-electron chi connectivity index (χ4n) is 4.64. The first kappa shape index (κ1) is 44.3. The minimum absolute atomic E-state index is 0.144. The second-order valence-electron chi connectivity index (χ2n) is 12.0. The third kappa shape index (κ3) is 33.0. The zero-order chi connectivity index (χ0) is 34.6. The van der Waals surface area contributed by atoms with Crippen molar-refractivity contribution in [3.8, 4) is 0 Å². The molecule has 0 aliphatic heterocycles. The summed E-state index contributed by atoms with van der Waals surface area (Å²) < 4.78 is 10.5. The van der Waals surface area contributed by atoms with Crippen LogP contribution in [0.5, 0.6) is 0 Å². The maximum absolute atomic E-state index is 12.1. The molecule has 0 aromatic rings. The highest BCUT2D eigenvalue weighted by Crippen LogP contribution is 2.13. The summed E-state index contributed by atoms with van der Waals surface area (Å²) in [5, 5.41) is 29.3. The molecule has 0 bridgehead atoms. The Balaban J connectivity index is 3.88. The summed E-state index contributed by atoms with van der Waals surface area (Å²) in [6.07, 6.45) is 38.9. The van der Waals surface area contributed by atoms with E-state index < -0.39 is 24.3 Å². The average molecular weight is 659 g/mol. The molecule has 7 nitrogen and oxygen atoms in total. The normalized spacial score (nSPS) is 14.4. The van der Waals surface area contributed by atoms with Gasteiger partial charge in [0, 0.05) is 12.8 Å². The lowest BCUT2D eigenvalue weighted by Gasteiger charge is -2.15. The van der Waals surface area contributed by atoms with Gasteiger partial charge in [0.25, 0.3) is 0 Å². The number of carbonyl (C=O) groups is 2. The molecule has 0 fully saturated rings. The lowest BCUT2D eigenvalue weighted by atomic mass is 10.0. The van der Waals surface area contributed by atoms with Crippen molar-refractivity contribution in [2.75, 3.05) is 13.2 Å². The fraction of sp³-hybridized carbons (Fsp3) is 0.650. The summed E-state index contributed by atoms with van der Waals surface area (Å²) in [4.78, 5) is 24.1. The Morgan fingerprint density at radius 1 is 0.617 bits per heavy atom. The summed E-state index contributed by atoms with van der Waals surface area (Å²) in [5.74, 6) is -0.764. The fourth-order valence-corrected chi connectivity index (χ4v) is 4.64. The van der Waals surface area contributed by atoms with E-state index in [2.05, 4.69) is 13.8 Å². The molecular weight excluding hydrogens is 592 g/mol. The third-order valence-corrected chi connectivity index (χ3v) is 7.44. The van der Waals surface area contributed by atoms with Gasteiger partial charge in [-0.2, -0.15) is 0 Å². The minimum Gasteiger partial charge on any atom is -0.462 e. The van der Waals surface area contributed by atoms with Gasteiger partial charge in [0.15, 0.2) is 6.10 Å². The zero-order valence-electron chi connectivity index (χ0n) is 29.5. The maximum atomic E-state index is 12.1. The SMILES string of the molecule is CC/C=C\C[C@@H](O)/C=C/C=C\C=C\[C@@H](O)C/C=C\C/C=C\CCC(=O)OC[C@H](CO)OC(=O)CCCCCCCCCCCCCC. The van der Waals surface area contributed by atoms with Gasteiger partial charge in [-0.05, 0) is 38.5 Å². The Bertz CT molecular complexity index is 916. The Kier molecular flexibility index (Phi) is 32.6. The van der Waals surface area contributed by atoms with Crippen molar-refractivity contribution in [2.45, 2.75) is 154 Å². The molecule has 0 aliphatic carbocycles. The average Bonchev–Trinajstić information content (AvgIpc) is 3.06. The number of ether oxygens (including phenoxy) is 2. The minimum atomic E-state index is -0.834. The van der Waals surface area contributed by atoms with Crippen molar-refractivity contribution in [1.29, 1.82) is 0 Å². The second kappa shape index (κ2) is 34.6. The van der Waals surface area contributed by atoms with Gasteiger partial charge in [-0.3, -0.25) is 9.59 Å². The first-order valence-corrected chi connectivity index (χ1v) is 18.2. The molecule has 3 N–H and O–H groups in total. The van der Waals surface area contributed by atoms with Crippen molar-refractivity contribution in [2.24, 2.45) is 0 Å². The third-order valence-electron chi connectivity index (χ3n) is 7.44. The highest BCUT2D eigenvalue weighted by Gasteiger charge is 2.15. The van der Waals surface area contributed by atoms with E-state index >= 15 is 0 Å². The summed E-state index contributed by atoms with van der Waals surface area (Å²) >= 11 is 0. The quantitative estimate of drug-likeness (QED) is 0.0295. The molecule has 0 heterocycles. The summed E-state index contributed by atoms with van der Waals surface area (Å²) in [6, 6.07) is 0. The summed E-state index contributed by atoms with van der Waals surface area (Å²) in [7, 11) is 0. The number of allylic oxidation sites excluding steroid dienone is 8. The Morgan fingerprint density at radius 2 is 1.15 bits per heavy atom. The number of hydrogen-bond acceptors (Lipinski definition) is 7. The van der Waals surface area contributed by atoms with E-state index in [1.165, 1.54) is 57.8 Å². The van der Waals surface area contributed by atoms with Gasteiger partial charge < -0.3 is 24.8 Å². The Labute approximate surface area is 286 Å². The van der Waals surface area contributed by atoms with Crippen LogP contribution in [0.1, 0.15) is 136 Å². The van der Waals surface area contributed by atoms with Crippen LogP contribution in [0, 0.1) is 0 Å². The topological polar surface area (TPSA) is 113 Å². The van der Waals surface area contributed by atoms with Crippen LogP contribution in [0.25, 0.3) is 0 Å². The smallest absolute Gasteiger partial charge is 0.306 e. The van der Waals surface area contributed by atoms with Crippen LogP contribution >= 0.6 is 0 Å². The van der Waals surface area contributed by atoms with E-state index in [4.69, 9.17) is 9.47 Å². The van der Waals surface area contributed by atoms with Gasteiger partial charge in [0.1, 0.15) is 6.61 Å². The molecule has 0 aromatic carbocycles.